The third kappa shape index (κ3) is 3.07. The number of nitrogens with one attached hydrogen (secondary N) is 2. The lowest BCUT2D eigenvalue weighted by Crippen LogP contribution is -2.10. The Morgan fingerprint density at radius 2 is 2.50 bits per heavy atom. The van der Waals surface area contributed by atoms with Gasteiger partial charge in [-0.15, -0.1) is 11.3 Å². The number of ether oxygens (including phenoxy) is 1. The molecule has 0 aliphatic heterocycles. The summed E-state index contributed by atoms with van der Waals surface area (Å²) in [6.45, 7) is 2.83. The highest BCUT2D eigenvalue weighted by Crippen LogP contribution is 2.20. The second kappa shape index (κ2) is 6.15. The summed E-state index contributed by atoms with van der Waals surface area (Å²) in [5.74, 6) is -0.386. The third-order valence-corrected chi connectivity index (χ3v) is 3.06. The van der Waals surface area contributed by atoms with Gasteiger partial charge >= 0.3 is 5.97 Å². The van der Waals surface area contributed by atoms with Crippen LogP contribution in [0.3, 0.4) is 0 Å². The van der Waals surface area contributed by atoms with Crippen LogP contribution in [-0.4, -0.2) is 34.1 Å². The summed E-state index contributed by atoms with van der Waals surface area (Å²) in [7, 11) is 0. The van der Waals surface area contributed by atoms with E-state index in [1.165, 1.54) is 11.3 Å². The number of carbonyl (C=O) groups excluding carboxylic acids is 1. The molecule has 0 fully saturated rings. The highest BCUT2D eigenvalue weighted by molar-refractivity contribution is 7.14. The fourth-order valence-electron chi connectivity index (χ4n) is 1.45. The molecule has 2 heterocycles. The average molecular weight is 266 g/mol. The van der Waals surface area contributed by atoms with Crippen LogP contribution in [-0.2, 0) is 11.2 Å². The summed E-state index contributed by atoms with van der Waals surface area (Å²) in [6.07, 6.45) is 4.23. The van der Waals surface area contributed by atoms with Crippen LogP contribution in [0.4, 0.5) is 5.00 Å². The van der Waals surface area contributed by atoms with Crippen LogP contribution in [0.5, 0.6) is 0 Å². The van der Waals surface area contributed by atoms with Crippen LogP contribution in [0, 0.1) is 0 Å². The van der Waals surface area contributed by atoms with Gasteiger partial charge in [0.2, 0.25) is 0 Å². The van der Waals surface area contributed by atoms with E-state index in [2.05, 4.69) is 20.3 Å². The molecule has 0 saturated carbocycles. The molecule has 2 N–H and O–H groups in total. The second-order valence-electron chi connectivity index (χ2n) is 3.50. The first-order valence-electron chi connectivity index (χ1n) is 5.63. The first kappa shape index (κ1) is 12.6. The van der Waals surface area contributed by atoms with Gasteiger partial charge in [-0.1, -0.05) is 0 Å². The Balaban J connectivity index is 1.89. The summed E-state index contributed by atoms with van der Waals surface area (Å²) in [4.78, 5) is 22.6. The molecule has 0 radical (unpaired) electrons. The van der Waals surface area contributed by atoms with Crippen molar-refractivity contribution in [1.29, 1.82) is 0 Å². The maximum atomic E-state index is 11.6. The minimum atomic E-state index is -0.386. The van der Waals surface area contributed by atoms with Crippen molar-refractivity contribution in [2.45, 2.75) is 13.3 Å². The number of aromatic nitrogens is 3. The quantitative estimate of drug-likeness (QED) is 0.778. The van der Waals surface area contributed by atoms with Gasteiger partial charge in [-0.25, -0.2) is 14.8 Å². The number of hydrogen-bond donors (Lipinski definition) is 2. The van der Waals surface area contributed by atoms with Gasteiger partial charge in [-0.2, -0.15) is 0 Å². The molecule has 2 aromatic rings. The van der Waals surface area contributed by atoms with Crippen molar-refractivity contribution in [3.8, 4) is 0 Å². The Bertz CT molecular complexity index is 495. The lowest BCUT2D eigenvalue weighted by molar-refractivity contribution is 0.0521. The predicted molar refractivity (Wildman–Crippen MR) is 68.9 cm³/mol. The smallest absolute Gasteiger partial charge is 0.360 e. The van der Waals surface area contributed by atoms with Crippen LogP contribution in [0.2, 0.25) is 0 Å². The van der Waals surface area contributed by atoms with Crippen molar-refractivity contribution in [2.24, 2.45) is 0 Å². The van der Waals surface area contributed by atoms with E-state index < -0.39 is 0 Å². The Hall–Kier alpha value is -1.89. The molecule has 2 aromatic heterocycles. The molecule has 0 spiro atoms. The standard InChI is InChI=1S/C11H14N4O2S/c1-2-17-11(16)9-10(18-7-15-9)13-4-3-8-5-12-6-14-8/h5-7,13H,2-4H2,1H3,(H,12,14). The lowest BCUT2D eigenvalue weighted by atomic mass is 10.3. The highest BCUT2D eigenvalue weighted by atomic mass is 32.1. The van der Waals surface area contributed by atoms with Crippen molar-refractivity contribution in [3.05, 3.63) is 29.4 Å². The van der Waals surface area contributed by atoms with E-state index in [1.807, 2.05) is 0 Å². The predicted octanol–water partition coefficient (Wildman–Crippen LogP) is 1.70. The summed E-state index contributed by atoms with van der Waals surface area (Å²) >= 11 is 1.39. The minimum Gasteiger partial charge on any atom is -0.461 e. The normalized spacial score (nSPS) is 10.3. The maximum absolute atomic E-state index is 11.6. The number of anilines is 1. The molecule has 0 saturated heterocycles. The first-order chi connectivity index (χ1) is 8.81. The van der Waals surface area contributed by atoms with Gasteiger partial charge in [0, 0.05) is 24.9 Å². The van der Waals surface area contributed by atoms with Crippen molar-refractivity contribution in [1.82, 2.24) is 15.0 Å². The van der Waals surface area contributed by atoms with E-state index in [1.54, 1.807) is 25.0 Å². The molecular formula is C11H14N4O2S. The fraction of sp³-hybridized carbons (Fsp3) is 0.364. The SMILES string of the molecule is CCOC(=O)c1ncsc1NCCc1cnc[nH]1. The van der Waals surface area contributed by atoms with E-state index in [4.69, 9.17) is 4.74 Å². The Morgan fingerprint density at radius 3 is 3.22 bits per heavy atom. The number of H-pyrrole nitrogens is 1. The van der Waals surface area contributed by atoms with Gasteiger partial charge in [0.25, 0.3) is 0 Å². The molecule has 0 bridgehead atoms. The number of imidazole rings is 1. The molecule has 96 valence electrons. The zero-order chi connectivity index (χ0) is 12.8. The minimum absolute atomic E-state index is 0.351. The van der Waals surface area contributed by atoms with E-state index in [0.29, 0.717) is 18.8 Å². The summed E-state index contributed by atoms with van der Waals surface area (Å²) < 4.78 is 4.93. The van der Waals surface area contributed by atoms with E-state index in [0.717, 1.165) is 17.1 Å². The van der Waals surface area contributed by atoms with Gasteiger partial charge in [0.05, 0.1) is 18.4 Å². The monoisotopic (exact) mass is 266 g/mol. The van der Waals surface area contributed by atoms with Gasteiger partial charge in [0.1, 0.15) is 5.00 Å². The number of carbonyl (C=O) groups is 1. The topological polar surface area (TPSA) is 79.9 Å². The molecule has 18 heavy (non-hydrogen) atoms. The van der Waals surface area contributed by atoms with Crippen LogP contribution in [0.15, 0.2) is 18.0 Å². The molecule has 0 amide bonds. The van der Waals surface area contributed by atoms with Gasteiger partial charge in [-0.05, 0) is 6.92 Å². The van der Waals surface area contributed by atoms with Crippen LogP contribution >= 0.6 is 11.3 Å². The summed E-state index contributed by atoms with van der Waals surface area (Å²) in [6, 6.07) is 0. The van der Waals surface area contributed by atoms with Crippen molar-refractivity contribution in [3.63, 3.8) is 0 Å². The number of nitrogens with zero attached hydrogens (tertiary/aromatic N) is 2. The number of aromatic amines is 1. The zero-order valence-electron chi connectivity index (χ0n) is 9.97. The molecule has 2 rings (SSSR count). The number of rotatable bonds is 6. The molecule has 0 aromatic carbocycles. The third-order valence-electron chi connectivity index (χ3n) is 2.27. The fourth-order valence-corrected chi connectivity index (χ4v) is 2.15. The number of thiazole rings is 1. The van der Waals surface area contributed by atoms with Crippen molar-refractivity contribution in [2.75, 3.05) is 18.5 Å². The Kier molecular flexibility index (Phi) is 4.30. The molecule has 0 aliphatic rings. The number of hydrogen-bond acceptors (Lipinski definition) is 6. The average Bonchev–Trinajstić information content (AvgIpc) is 3.00. The second-order valence-corrected chi connectivity index (χ2v) is 4.36. The lowest BCUT2D eigenvalue weighted by Gasteiger charge is -2.04. The first-order valence-corrected chi connectivity index (χ1v) is 6.51. The molecule has 0 aliphatic carbocycles. The molecule has 0 atom stereocenters. The molecular weight excluding hydrogens is 252 g/mol. The summed E-state index contributed by atoms with van der Waals surface area (Å²) in [5.41, 5.74) is 3.03. The van der Waals surface area contributed by atoms with Crippen molar-refractivity contribution < 1.29 is 9.53 Å². The molecule has 0 unspecified atom stereocenters. The molecule has 7 heteroatoms. The van der Waals surface area contributed by atoms with Gasteiger partial charge in [-0.3, -0.25) is 0 Å². The van der Waals surface area contributed by atoms with Crippen LogP contribution < -0.4 is 5.32 Å². The maximum Gasteiger partial charge on any atom is 0.360 e. The van der Waals surface area contributed by atoms with Gasteiger partial charge in [0.15, 0.2) is 5.69 Å². The van der Waals surface area contributed by atoms with E-state index in [9.17, 15) is 4.79 Å². The van der Waals surface area contributed by atoms with Crippen LogP contribution in [0.1, 0.15) is 23.1 Å². The Morgan fingerprint density at radius 1 is 1.61 bits per heavy atom. The Labute approximate surface area is 108 Å². The largest absolute Gasteiger partial charge is 0.461 e. The number of esters is 1. The van der Waals surface area contributed by atoms with E-state index in [-0.39, 0.29) is 5.97 Å². The highest BCUT2D eigenvalue weighted by Gasteiger charge is 2.15. The van der Waals surface area contributed by atoms with E-state index >= 15 is 0 Å². The molecule has 6 nitrogen and oxygen atoms in total. The van der Waals surface area contributed by atoms with Crippen molar-refractivity contribution >= 4 is 22.3 Å². The zero-order valence-corrected chi connectivity index (χ0v) is 10.8. The van der Waals surface area contributed by atoms with Gasteiger partial charge < -0.3 is 15.0 Å². The summed E-state index contributed by atoms with van der Waals surface area (Å²) in [5, 5.41) is 3.92. The van der Waals surface area contributed by atoms with Crippen LogP contribution in [0.25, 0.3) is 0 Å².